The van der Waals surface area contributed by atoms with Crippen LogP contribution >= 0.6 is 0 Å². The number of rotatable bonds is 6. The molecule has 1 atom stereocenters. The molecule has 1 heterocycles. The van der Waals surface area contributed by atoms with Gasteiger partial charge in [0.15, 0.2) is 0 Å². The molecule has 0 aliphatic carbocycles. The van der Waals surface area contributed by atoms with E-state index in [1.807, 2.05) is 6.07 Å². The van der Waals surface area contributed by atoms with Crippen LogP contribution < -0.4 is 5.32 Å². The number of aromatic nitrogens is 1. The summed E-state index contributed by atoms with van der Waals surface area (Å²) in [5.41, 5.74) is 5.96. The highest BCUT2D eigenvalue weighted by Crippen LogP contribution is 2.29. The van der Waals surface area contributed by atoms with Gasteiger partial charge in [-0.15, -0.1) is 0 Å². The fourth-order valence-corrected chi connectivity index (χ4v) is 3.56. The highest BCUT2D eigenvalue weighted by atomic mass is 14.9. The predicted octanol–water partition coefficient (Wildman–Crippen LogP) is 6.18. The van der Waals surface area contributed by atoms with Gasteiger partial charge in [0.1, 0.15) is 0 Å². The van der Waals surface area contributed by atoms with Crippen molar-refractivity contribution in [2.45, 2.75) is 19.3 Å². The third-order valence-corrected chi connectivity index (χ3v) is 4.96. The van der Waals surface area contributed by atoms with Crippen molar-refractivity contribution in [3.05, 3.63) is 108 Å². The van der Waals surface area contributed by atoms with E-state index in [0.29, 0.717) is 0 Å². The molecule has 2 nitrogen and oxygen atoms in total. The first-order valence-corrected chi connectivity index (χ1v) is 9.51. The van der Waals surface area contributed by atoms with Crippen molar-refractivity contribution in [2.75, 3.05) is 11.9 Å². The Hall–Kier alpha value is -3.13. The Morgan fingerprint density at radius 1 is 0.815 bits per heavy atom. The van der Waals surface area contributed by atoms with Crippen LogP contribution in [0, 0.1) is 6.92 Å². The minimum Gasteiger partial charge on any atom is -0.385 e. The summed E-state index contributed by atoms with van der Waals surface area (Å²) in [4.78, 5) is 4.98. The normalized spacial score (nSPS) is 12.0. The van der Waals surface area contributed by atoms with Crippen molar-refractivity contribution in [1.82, 2.24) is 4.98 Å². The Morgan fingerprint density at radius 2 is 1.63 bits per heavy atom. The minimum atomic E-state index is 0.269. The van der Waals surface area contributed by atoms with Crippen LogP contribution in [0.1, 0.15) is 29.2 Å². The molecule has 0 fully saturated rings. The van der Waals surface area contributed by atoms with Gasteiger partial charge >= 0.3 is 0 Å². The number of benzene rings is 3. The quantitative estimate of drug-likeness (QED) is 0.448. The molecule has 1 N–H and O–H groups in total. The van der Waals surface area contributed by atoms with Crippen LogP contribution in [0.5, 0.6) is 0 Å². The molecule has 0 amide bonds. The SMILES string of the molecule is Cc1cccc([C@@H](CCNc2ccccc2)c2ccc3ccccc3n2)c1. The topological polar surface area (TPSA) is 24.9 Å². The second-order valence-electron chi connectivity index (χ2n) is 6.98. The first kappa shape index (κ1) is 17.3. The van der Waals surface area contributed by atoms with Gasteiger partial charge < -0.3 is 5.32 Å². The lowest BCUT2D eigenvalue weighted by Crippen LogP contribution is -2.11. The summed E-state index contributed by atoms with van der Waals surface area (Å²) in [6, 6.07) is 31.9. The van der Waals surface area contributed by atoms with E-state index in [1.54, 1.807) is 0 Å². The third kappa shape index (κ3) is 4.17. The number of hydrogen-bond acceptors (Lipinski definition) is 2. The van der Waals surface area contributed by atoms with Gasteiger partial charge in [-0.3, -0.25) is 4.98 Å². The lowest BCUT2D eigenvalue weighted by molar-refractivity contribution is 0.724. The highest BCUT2D eigenvalue weighted by Gasteiger charge is 2.16. The number of fused-ring (bicyclic) bond motifs is 1. The van der Waals surface area contributed by atoms with E-state index in [2.05, 4.69) is 97.2 Å². The van der Waals surface area contributed by atoms with Gasteiger partial charge in [-0.25, -0.2) is 0 Å². The average Bonchev–Trinajstić information content (AvgIpc) is 2.72. The maximum Gasteiger partial charge on any atom is 0.0705 e. The van der Waals surface area contributed by atoms with E-state index < -0.39 is 0 Å². The Kier molecular flexibility index (Phi) is 5.15. The maximum atomic E-state index is 4.98. The standard InChI is InChI=1S/C25H24N2/c1-19-8-7-10-21(18-19)23(16-17-26-22-11-3-2-4-12-22)25-15-14-20-9-5-6-13-24(20)27-25/h2-15,18,23,26H,16-17H2,1H3/t23-/m1/s1. The van der Waals surface area contributed by atoms with Crippen LogP contribution in [0.3, 0.4) is 0 Å². The number of hydrogen-bond donors (Lipinski definition) is 1. The van der Waals surface area contributed by atoms with Gasteiger partial charge in [0.25, 0.3) is 0 Å². The number of aryl methyl sites for hydroxylation is 1. The Bertz CT molecular complexity index is 1020. The summed E-state index contributed by atoms with van der Waals surface area (Å²) in [6.45, 7) is 3.05. The van der Waals surface area contributed by atoms with Gasteiger partial charge in [-0.1, -0.05) is 72.3 Å². The van der Waals surface area contributed by atoms with E-state index in [9.17, 15) is 0 Å². The van der Waals surface area contributed by atoms with E-state index in [1.165, 1.54) is 16.5 Å². The van der Waals surface area contributed by atoms with Gasteiger partial charge in [0.2, 0.25) is 0 Å². The van der Waals surface area contributed by atoms with E-state index in [4.69, 9.17) is 4.98 Å². The first-order chi connectivity index (χ1) is 13.3. The van der Waals surface area contributed by atoms with Crippen molar-refractivity contribution < 1.29 is 0 Å². The zero-order valence-electron chi connectivity index (χ0n) is 15.6. The van der Waals surface area contributed by atoms with E-state index in [0.717, 1.165) is 29.9 Å². The molecular formula is C25H24N2. The summed E-state index contributed by atoms with van der Waals surface area (Å²) in [7, 11) is 0. The summed E-state index contributed by atoms with van der Waals surface area (Å²) < 4.78 is 0. The number of para-hydroxylation sites is 2. The van der Waals surface area contributed by atoms with Crippen molar-refractivity contribution in [3.63, 3.8) is 0 Å². The zero-order chi connectivity index (χ0) is 18.5. The molecule has 0 unspecified atom stereocenters. The number of nitrogens with one attached hydrogen (secondary N) is 1. The molecule has 1 aromatic heterocycles. The number of pyridine rings is 1. The fourth-order valence-electron chi connectivity index (χ4n) is 3.56. The van der Waals surface area contributed by atoms with Crippen LogP contribution in [0.2, 0.25) is 0 Å². The average molecular weight is 352 g/mol. The molecule has 0 radical (unpaired) electrons. The van der Waals surface area contributed by atoms with Crippen LogP contribution in [0.25, 0.3) is 10.9 Å². The first-order valence-electron chi connectivity index (χ1n) is 9.51. The van der Waals surface area contributed by atoms with Gasteiger partial charge in [0, 0.05) is 29.2 Å². The minimum absolute atomic E-state index is 0.269. The van der Waals surface area contributed by atoms with Crippen molar-refractivity contribution >= 4 is 16.6 Å². The molecular weight excluding hydrogens is 328 g/mol. The Morgan fingerprint density at radius 3 is 2.48 bits per heavy atom. The van der Waals surface area contributed by atoms with Gasteiger partial charge in [-0.05, 0) is 43.2 Å². The van der Waals surface area contributed by atoms with Crippen molar-refractivity contribution in [2.24, 2.45) is 0 Å². The molecule has 3 aromatic carbocycles. The van der Waals surface area contributed by atoms with E-state index in [-0.39, 0.29) is 5.92 Å². The summed E-state index contributed by atoms with van der Waals surface area (Å²) in [5, 5.41) is 4.73. The molecule has 27 heavy (non-hydrogen) atoms. The van der Waals surface area contributed by atoms with Crippen LogP contribution in [-0.4, -0.2) is 11.5 Å². The molecule has 0 saturated carbocycles. The van der Waals surface area contributed by atoms with Crippen molar-refractivity contribution in [3.8, 4) is 0 Å². The zero-order valence-corrected chi connectivity index (χ0v) is 15.6. The largest absolute Gasteiger partial charge is 0.385 e. The summed E-state index contributed by atoms with van der Waals surface area (Å²) in [6.07, 6.45) is 0.990. The van der Waals surface area contributed by atoms with E-state index >= 15 is 0 Å². The molecule has 0 aliphatic heterocycles. The summed E-state index contributed by atoms with van der Waals surface area (Å²) in [5.74, 6) is 0.269. The van der Waals surface area contributed by atoms with Crippen molar-refractivity contribution in [1.29, 1.82) is 0 Å². The molecule has 2 heteroatoms. The number of anilines is 1. The van der Waals surface area contributed by atoms with Crippen LogP contribution in [-0.2, 0) is 0 Å². The molecule has 134 valence electrons. The Balaban J connectivity index is 1.62. The smallest absolute Gasteiger partial charge is 0.0705 e. The molecule has 0 aliphatic rings. The second-order valence-corrected chi connectivity index (χ2v) is 6.98. The highest BCUT2D eigenvalue weighted by molar-refractivity contribution is 5.78. The molecule has 0 spiro atoms. The van der Waals surface area contributed by atoms with Gasteiger partial charge in [0.05, 0.1) is 5.52 Å². The molecule has 4 aromatic rings. The maximum absolute atomic E-state index is 4.98. The molecule has 0 bridgehead atoms. The lowest BCUT2D eigenvalue weighted by atomic mass is 9.90. The second kappa shape index (κ2) is 8.05. The predicted molar refractivity (Wildman–Crippen MR) is 114 cm³/mol. The fraction of sp³-hybridized carbons (Fsp3) is 0.160. The molecule has 4 rings (SSSR count). The van der Waals surface area contributed by atoms with Crippen LogP contribution in [0.4, 0.5) is 5.69 Å². The third-order valence-electron chi connectivity index (χ3n) is 4.96. The van der Waals surface area contributed by atoms with Crippen LogP contribution in [0.15, 0.2) is 91.0 Å². The number of nitrogens with zero attached hydrogens (tertiary/aromatic N) is 1. The summed E-state index contributed by atoms with van der Waals surface area (Å²) >= 11 is 0. The lowest BCUT2D eigenvalue weighted by Gasteiger charge is -2.19. The molecule has 0 saturated heterocycles. The monoisotopic (exact) mass is 352 g/mol. The van der Waals surface area contributed by atoms with Gasteiger partial charge in [-0.2, -0.15) is 0 Å². The Labute approximate surface area is 160 Å².